The zero-order valence-electron chi connectivity index (χ0n) is 15.2. The second-order valence-electron chi connectivity index (χ2n) is 6.54. The van der Waals surface area contributed by atoms with Crippen LogP contribution in [0, 0.1) is 0 Å². The molecule has 144 valence electrons. The number of nitrogens with one attached hydrogen (secondary N) is 3. The van der Waals surface area contributed by atoms with Crippen molar-refractivity contribution in [2.24, 2.45) is 0 Å². The van der Waals surface area contributed by atoms with Gasteiger partial charge < -0.3 is 20.3 Å². The van der Waals surface area contributed by atoms with Crippen LogP contribution < -0.4 is 20.9 Å². The lowest BCUT2D eigenvalue weighted by Crippen LogP contribution is -2.42. The summed E-state index contributed by atoms with van der Waals surface area (Å²) >= 11 is 0. The Morgan fingerprint density at radius 1 is 1.22 bits per heavy atom. The standard InChI is InChI=1S/C20H25N3O4/c1-27-18-9-14(15-10-21-22-11-15)7-8-16(18)20(26)23-17(12-24)19(25)13-5-3-2-4-6-13/h2-9,15,17,19,21-22,24-25H,10-12H2,1H3,(H,23,26)/t17-,19-/m1/s1. The van der Waals surface area contributed by atoms with Crippen LogP contribution in [0.25, 0.3) is 0 Å². The fourth-order valence-corrected chi connectivity index (χ4v) is 3.20. The van der Waals surface area contributed by atoms with E-state index in [1.54, 1.807) is 30.3 Å². The maximum Gasteiger partial charge on any atom is 0.255 e. The molecule has 1 aliphatic rings. The van der Waals surface area contributed by atoms with E-state index in [4.69, 9.17) is 4.74 Å². The lowest BCUT2D eigenvalue weighted by atomic mass is 9.97. The number of amides is 1. The Labute approximate surface area is 158 Å². The maximum atomic E-state index is 12.7. The first kappa shape index (κ1) is 19.3. The van der Waals surface area contributed by atoms with Crippen LogP contribution in [0.1, 0.15) is 33.5 Å². The van der Waals surface area contributed by atoms with Crippen molar-refractivity contribution < 1.29 is 19.7 Å². The summed E-state index contributed by atoms with van der Waals surface area (Å²) in [6.07, 6.45) is -1.01. The molecule has 1 saturated heterocycles. The smallest absolute Gasteiger partial charge is 0.255 e. The van der Waals surface area contributed by atoms with Crippen molar-refractivity contribution in [3.05, 3.63) is 65.2 Å². The van der Waals surface area contributed by atoms with Crippen LogP contribution >= 0.6 is 0 Å². The molecule has 3 rings (SSSR count). The predicted molar refractivity (Wildman–Crippen MR) is 101 cm³/mol. The fraction of sp³-hybridized carbons (Fsp3) is 0.350. The normalized spacial score (nSPS) is 16.7. The number of aliphatic hydroxyl groups is 2. The first-order chi connectivity index (χ1) is 13.1. The minimum atomic E-state index is -1.01. The Balaban J connectivity index is 1.75. The third-order valence-electron chi connectivity index (χ3n) is 4.80. The first-order valence-electron chi connectivity index (χ1n) is 8.92. The topological polar surface area (TPSA) is 103 Å². The fourth-order valence-electron chi connectivity index (χ4n) is 3.20. The second-order valence-corrected chi connectivity index (χ2v) is 6.54. The third-order valence-corrected chi connectivity index (χ3v) is 4.80. The van der Waals surface area contributed by atoms with Gasteiger partial charge in [-0.2, -0.15) is 0 Å². The lowest BCUT2D eigenvalue weighted by molar-refractivity contribution is 0.0701. The summed E-state index contributed by atoms with van der Waals surface area (Å²) in [6.45, 7) is 1.23. The van der Waals surface area contributed by atoms with E-state index in [9.17, 15) is 15.0 Å². The van der Waals surface area contributed by atoms with Crippen molar-refractivity contribution in [2.75, 3.05) is 26.8 Å². The zero-order chi connectivity index (χ0) is 19.2. The number of benzene rings is 2. The number of rotatable bonds is 7. The van der Waals surface area contributed by atoms with Crippen molar-refractivity contribution >= 4 is 5.91 Å². The number of carbonyl (C=O) groups is 1. The number of ether oxygens (including phenoxy) is 1. The molecule has 1 amide bonds. The van der Waals surface area contributed by atoms with E-state index in [1.165, 1.54) is 7.11 Å². The van der Waals surface area contributed by atoms with Gasteiger partial charge in [0.05, 0.1) is 25.3 Å². The Morgan fingerprint density at radius 3 is 2.56 bits per heavy atom. The molecule has 7 nitrogen and oxygen atoms in total. The Hall–Kier alpha value is -2.45. The van der Waals surface area contributed by atoms with Gasteiger partial charge in [-0.3, -0.25) is 15.6 Å². The van der Waals surface area contributed by atoms with Gasteiger partial charge in [-0.25, -0.2) is 0 Å². The SMILES string of the molecule is COc1cc(C2CNNC2)ccc1C(=O)N[C@H](CO)[C@H](O)c1ccccc1. The number of carbonyl (C=O) groups excluding carboxylic acids is 1. The Bertz CT molecular complexity index is 763. The molecule has 27 heavy (non-hydrogen) atoms. The molecule has 0 bridgehead atoms. The van der Waals surface area contributed by atoms with Crippen LogP contribution in [0.15, 0.2) is 48.5 Å². The molecule has 0 aromatic heterocycles. The van der Waals surface area contributed by atoms with Crippen molar-refractivity contribution in [3.63, 3.8) is 0 Å². The predicted octanol–water partition coefficient (Wildman–Crippen LogP) is 0.711. The van der Waals surface area contributed by atoms with Gasteiger partial charge in [0.1, 0.15) is 11.9 Å². The summed E-state index contributed by atoms with van der Waals surface area (Å²) in [4.78, 5) is 12.7. The highest BCUT2D eigenvalue weighted by molar-refractivity contribution is 5.97. The van der Waals surface area contributed by atoms with Crippen LogP contribution in [-0.2, 0) is 0 Å². The van der Waals surface area contributed by atoms with Gasteiger partial charge in [0, 0.05) is 19.0 Å². The van der Waals surface area contributed by atoms with E-state index in [1.807, 2.05) is 18.2 Å². The van der Waals surface area contributed by atoms with E-state index in [-0.39, 0.29) is 6.61 Å². The van der Waals surface area contributed by atoms with Crippen LogP contribution in [0.4, 0.5) is 0 Å². The van der Waals surface area contributed by atoms with Gasteiger partial charge in [-0.05, 0) is 23.3 Å². The number of hydrogen-bond donors (Lipinski definition) is 5. The van der Waals surface area contributed by atoms with E-state index in [0.717, 1.165) is 18.7 Å². The molecule has 1 aliphatic heterocycles. The average molecular weight is 371 g/mol. The lowest BCUT2D eigenvalue weighted by Gasteiger charge is -2.23. The van der Waals surface area contributed by atoms with Gasteiger partial charge in [0.2, 0.25) is 0 Å². The van der Waals surface area contributed by atoms with Crippen molar-refractivity contribution in [3.8, 4) is 5.75 Å². The average Bonchev–Trinajstić information content (AvgIpc) is 3.26. The monoisotopic (exact) mass is 371 g/mol. The van der Waals surface area contributed by atoms with Crippen molar-refractivity contribution in [1.82, 2.24) is 16.2 Å². The molecular weight excluding hydrogens is 346 g/mol. The number of aliphatic hydroxyl groups excluding tert-OH is 2. The minimum Gasteiger partial charge on any atom is -0.496 e. The highest BCUT2D eigenvalue weighted by Crippen LogP contribution is 2.26. The Morgan fingerprint density at radius 2 is 1.93 bits per heavy atom. The van der Waals surface area contributed by atoms with Crippen LogP contribution in [0.2, 0.25) is 0 Å². The molecule has 2 atom stereocenters. The summed E-state index contributed by atoms with van der Waals surface area (Å²) in [7, 11) is 1.52. The molecule has 0 spiro atoms. The summed E-state index contributed by atoms with van der Waals surface area (Å²) in [5.41, 5.74) is 8.22. The van der Waals surface area contributed by atoms with E-state index >= 15 is 0 Å². The van der Waals surface area contributed by atoms with Gasteiger partial charge in [-0.1, -0.05) is 36.4 Å². The van der Waals surface area contributed by atoms with Crippen LogP contribution in [-0.4, -0.2) is 49.0 Å². The summed E-state index contributed by atoms with van der Waals surface area (Å²) in [5, 5.41) is 22.8. The largest absolute Gasteiger partial charge is 0.496 e. The molecule has 2 aromatic carbocycles. The van der Waals surface area contributed by atoms with Gasteiger partial charge >= 0.3 is 0 Å². The number of hydrazine groups is 1. The third kappa shape index (κ3) is 4.45. The summed E-state index contributed by atoms with van der Waals surface area (Å²) in [5.74, 6) is 0.360. The first-order valence-corrected chi connectivity index (χ1v) is 8.92. The second kappa shape index (κ2) is 8.96. The maximum absolute atomic E-state index is 12.7. The molecule has 0 saturated carbocycles. The van der Waals surface area contributed by atoms with E-state index in [0.29, 0.717) is 22.8 Å². The summed E-state index contributed by atoms with van der Waals surface area (Å²) in [6, 6.07) is 13.6. The molecule has 1 fully saturated rings. The van der Waals surface area contributed by atoms with Gasteiger partial charge in [0.25, 0.3) is 5.91 Å². The quantitative estimate of drug-likeness (QED) is 0.491. The molecule has 0 radical (unpaired) electrons. The highest BCUT2D eigenvalue weighted by Gasteiger charge is 2.25. The van der Waals surface area contributed by atoms with E-state index < -0.39 is 18.1 Å². The van der Waals surface area contributed by atoms with Crippen LogP contribution in [0.5, 0.6) is 5.75 Å². The van der Waals surface area contributed by atoms with Gasteiger partial charge in [-0.15, -0.1) is 0 Å². The molecule has 0 unspecified atom stereocenters. The summed E-state index contributed by atoms with van der Waals surface area (Å²) < 4.78 is 5.40. The highest BCUT2D eigenvalue weighted by atomic mass is 16.5. The number of methoxy groups -OCH3 is 1. The molecule has 1 heterocycles. The minimum absolute atomic E-state index is 0.307. The zero-order valence-corrected chi connectivity index (χ0v) is 15.2. The van der Waals surface area contributed by atoms with Gasteiger partial charge in [0.15, 0.2) is 0 Å². The van der Waals surface area contributed by atoms with Crippen molar-refractivity contribution in [2.45, 2.75) is 18.1 Å². The molecular formula is C20H25N3O4. The molecule has 5 N–H and O–H groups in total. The molecule has 7 heteroatoms. The van der Waals surface area contributed by atoms with Crippen LogP contribution in [0.3, 0.4) is 0 Å². The molecule has 2 aromatic rings. The molecule has 0 aliphatic carbocycles. The number of hydrogen-bond acceptors (Lipinski definition) is 6. The Kier molecular flexibility index (Phi) is 6.41. The van der Waals surface area contributed by atoms with Crippen molar-refractivity contribution in [1.29, 1.82) is 0 Å². The van der Waals surface area contributed by atoms with E-state index in [2.05, 4.69) is 16.2 Å².